The van der Waals surface area contributed by atoms with Gasteiger partial charge in [0.05, 0.1) is 18.7 Å². The maximum absolute atomic E-state index is 13.3. The first kappa shape index (κ1) is 17.7. The van der Waals surface area contributed by atoms with Crippen molar-refractivity contribution in [3.05, 3.63) is 80.9 Å². The summed E-state index contributed by atoms with van der Waals surface area (Å²) in [6.45, 7) is 1.02. The minimum Gasteiger partial charge on any atom is -0.370 e. The number of H-pyrrole nitrogens is 1. The molecular formula is C20H16ClFN2O3. The topological polar surface area (TPSA) is 62.4 Å². The summed E-state index contributed by atoms with van der Waals surface area (Å²) in [5.41, 5.74) is 0.639. The average Bonchev–Trinajstić information content (AvgIpc) is 2.67. The molecule has 4 rings (SSSR count). The van der Waals surface area contributed by atoms with Gasteiger partial charge in [-0.3, -0.25) is 9.59 Å². The van der Waals surface area contributed by atoms with E-state index in [1.54, 1.807) is 11.0 Å². The SMILES string of the molecule is O=C(c1cc2ccc(F)cc2[nH]c1=O)N1CCOC(c2ccccc2Cl)C1. The highest BCUT2D eigenvalue weighted by atomic mass is 35.5. The number of carbonyl (C=O) groups excluding carboxylic acids is 1. The smallest absolute Gasteiger partial charge is 0.261 e. The molecule has 0 bridgehead atoms. The summed E-state index contributed by atoms with van der Waals surface area (Å²) in [6.07, 6.45) is -0.356. The lowest BCUT2D eigenvalue weighted by Gasteiger charge is -2.33. The van der Waals surface area contributed by atoms with Crippen LogP contribution in [-0.4, -0.2) is 35.5 Å². The van der Waals surface area contributed by atoms with Crippen LogP contribution in [0.5, 0.6) is 0 Å². The van der Waals surface area contributed by atoms with E-state index in [0.29, 0.717) is 35.6 Å². The summed E-state index contributed by atoms with van der Waals surface area (Å²) < 4.78 is 19.1. The summed E-state index contributed by atoms with van der Waals surface area (Å²) in [5.74, 6) is -0.837. The number of rotatable bonds is 2. The van der Waals surface area contributed by atoms with Crippen LogP contribution in [0.1, 0.15) is 22.0 Å². The number of ether oxygens (including phenoxy) is 1. The van der Waals surface area contributed by atoms with Gasteiger partial charge in [0.15, 0.2) is 0 Å². The average molecular weight is 387 g/mol. The molecular weight excluding hydrogens is 371 g/mol. The number of amides is 1. The zero-order valence-electron chi connectivity index (χ0n) is 14.2. The van der Waals surface area contributed by atoms with Gasteiger partial charge in [-0.25, -0.2) is 4.39 Å². The molecule has 0 spiro atoms. The lowest BCUT2D eigenvalue weighted by molar-refractivity contribution is -0.0228. The van der Waals surface area contributed by atoms with Crippen LogP contribution in [0.4, 0.5) is 4.39 Å². The Hall–Kier alpha value is -2.70. The normalized spacial score (nSPS) is 17.3. The zero-order valence-corrected chi connectivity index (χ0v) is 15.0. The fourth-order valence-corrected chi connectivity index (χ4v) is 3.52. The Morgan fingerprint density at radius 1 is 1.22 bits per heavy atom. The largest absolute Gasteiger partial charge is 0.370 e. The molecule has 7 heteroatoms. The standard InChI is InChI=1S/C20H16ClFN2O3/c21-16-4-2-1-3-14(16)18-11-24(7-8-27-18)20(26)15-9-12-5-6-13(22)10-17(12)23-19(15)25/h1-6,9-10,18H,7-8,11H2,(H,23,25). The number of benzene rings is 2. The van der Waals surface area contributed by atoms with E-state index in [1.165, 1.54) is 24.3 Å². The predicted octanol–water partition coefficient (Wildman–Crippen LogP) is 3.53. The summed E-state index contributed by atoms with van der Waals surface area (Å²) in [6, 6.07) is 12.9. The lowest BCUT2D eigenvalue weighted by Crippen LogP contribution is -2.43. The second-order valence-corrected chi connectivity index (χ2v) is 6.78. The molecule has 2 heterocycles. The molecule has 1 atom stereocenters. The zero-order chi connectivity index (χ0) is 19.0. The molecule has 1 aromatic heterocycles. The van der Waals surface area contributed by atoms with E-state index in [0.717, 1.165) is 5.56 Å². The highest BCUT2D eigenvalue weighted by Crippen LogP contribution is 2.28. The monoisotopic (exact) mass is 386 g/mol. The molecule has 1 fully saturated rings. The maximum atomic E-state index is 13.3. The van der Waals surface area contributed by atoms with Crippen molar-refractivity contribution in [3.8, 4) is 0 Å². The van der Waals surface area contributed by atoms with Crippen LogP contribution in [0.2, 0.25) is 5.02 Å². The molecule has 1 N–H and O–H groups in total. The fraction of sp³-hybridized carbons (Fsp3) is 0.200. The van der Waals surface area contributed by atoms with Crippen LogP contribution in [0.3, 0.4) is 0 Å². The van der Waals surface area contributed by atoms with Crippen LogP contribution in [0.25, 0.3) is 10.9 Å². The molecule has 1 aliphatic rings. The third kappa shape index (κ3) is 3.46. The van der Waals surface area contributed by atoms with Crippen LogP contribution in [-0.2, 0) is 4.74 Å². The molecule has 1 amide bonds. The molecule has 138 valence electrons. The number of fused-ring (bicyclic) bond motifs is 1. The van der Waals surface area contributed by atoms with E-state index < -0.39 is 11.4 Å². The number of halogens is 2. The Kier molecular flexibility index (Phi) is 4.68. The van der Waals surface area contributed by atoms with Crippen molar-refractivity contribution in [3.63, 3.8) is 0 Å². The van der Waals surface area contributed by atoms with Gasteiger partial charge in [-0.05, 0) is 35.7 Å². The Morgan fingerprint density at radius 3 is 2.85 bits per heavy atom. The quantitative estimate of drug-likeness (QED) is 0.732. The summed E-state index contributed by atoms with van der Waals surface area (Å²) >= 11 is 6.24. The Balaban J connectivity index is 1.63. The number of aromatic nitrogens is 1. The summed E-state index contributed by atoms with van der Waals surface area (Å²) in [5, 5.41) is 1.16. The fourth-order valence-electron chi connectivity index (χ4n) is 3.26. The summed E-state index contributed by atoms with van der Waals surface area (Å²) in [4.78, 5) is 29.4. The number of morpholine rings is 1. The molecule has 0 saturated carbocycles. The third-order valence-corrected chi connectivity index (χ3v) is 4.99. The lowest BCUT2D eigenvalue weighted by atomic mass is 10.1. The van der Waals surface area contributed by atoms with Crippen molar-refractivity contribution in [1.82, 2.24) is 9.88 Å². The minimum atomic E-state index is -0.543. The highest BCUT2D eigenvalue weighted by Gasteiger charge is 2.28. The van der Waals surface area contributed by atoms with E-state index in [9.17, 15) is 14.0 Å². The molecule has 27 heavy (non-hydrogen) atoms. The molecule has 5 nitrogen and oxygen atoms in total. The predicted molar refractivity (Wildman–Crippen MR) is 101 cm³/mol. The van der Waals surface area contributed by atoms with Crippen LogP contribution in [0.15, 0.2) is 53.3 Å². The number of nitrogens with one attached hydrogen (secondary N) is 1. The van der Waals surface area contributed by atoms with Crippen molar-refractivity contribution >= 4 is 28.4 Å². The van der Waals surface area contributed by atoms with Gasteiger partial charge in [0.25, 0.3) is 11.5 Å². The highest BCUT2D eigenvalue weighted by molar-refractivity contribution is 6.31. The van der Waals surface area contributed by atoms with Crippen molar-refractivity contribution in [2.75, 3.05) is 19.7 Å². The van der Waals surface area contributed by atoms with Gasteiger partial charge in [0, 0.05) is 17.1 Å². The number of nitrogens with zero attached hydrogens (tertiary/aromatic N) is 1. The van der Waals surface area contributed by atoms with Crippen LogP contribution < -0.4 is 5.56 Å². The first-order chi connectivity index (χ1) is 13.0. The first-order valence-electron chi connectivity index (χ1n) is 8.51. The van der Waals surface area contributed by atoms with Gasteiger partial charge in [-0.15, -0.1) is 0 Å². The number of hydrogen-bond donors (Lipinski definition) is 1. The minimum absolute atomic E-state index is 0.0221. The van der Waals surface area contributed by atoms with Crippen molar-refractivity contribution in [2.24, 2.45) is 0 Å². The molecule has 2 aromatic carbocycles. The van der Waals surface area contributed by atoms with Crippen LogP contribution in [0, 0.1) is 5.82 Å². The molecule has 1 unspecified atom stereocenters. The van der Waals surface area contributed by atoms with E-state index in [4.69, 9.17) is 16.3 Å². The molecule has 1 aliphatic heterocycles. The van der Waals surface area contributed by atoms with E-state index in [1.807, 2.05) is 18.2 Å². The second kappa shape index (κ2) is 7.13. The van der Waals surface area contributed by atoms with Gasteiger partial charge in [-0.2, -0.15) is 0 Å². The third-order valence-electron chi connectivity index (χ3n) is 4.64. The second-order valence-electron chi connectivity index (χ2n) is 6.38. The Morgan fingerprint density at radius 2 is 2.04 bits per heavy atom. The number of pyridine rings is 1. The van der Waals surface area contributed by atoms with Crippen molar-refractivity contribution in [1.29, 1.82) is 0 Å². The van der Waals surface area contributed by atoms with Gasteiger partial charge < -0.3 is 14.6 Å². The van der Waals surface area contributed by atoms with Gasteiger partial charge in [0.2, 0.25) is 0 Å². The van der Waals surface area contributed by atoms with Gasteiger partial charge >= 0.3 is 0 Å². The van der Waals surface area contributed by atoms with Gasteiger partial charge in [0.1, 0.15) is 17.5 Å². The Labute approximate surface area is 159 Å². The maximum Gasteiger partial charge on any atom is 0.261 e. The molecule has 0 aliphatic carbocycles. The molecule has 0 radical (unpaired) electrons. The Bertz CT molecular complexity index is 1080. The first-order valence-corrected chi connectivity index (χ1v) is 8.88. The summed E-state index contributed by atoms with van der Waals surface area (Å²) in [7, 11) is 0. The van der Waals surface area contributed by atoms with Crippen LogP contribution >= 0.6 is 11.6 Å². The van der Waals surface area contributed by atoms with E-state index in [-0.39, 0.29) is 17.6 Å². The van der Waals surface area contributed by atoms with E-state index in [2.05, 4.69) is 4.98 Å². The number of hydrogen-bond acceptors (Lipinski definition) is 3. The number of carbonyl (C=O) groups is 1. The number of aromatic amines is 1. The van der Waals surface area contributed by atoms with E-state index >= 15 is 0 Å². The van der Waals surface area contributed by atoms with Gasteiger partial charge in [-0.1, -0.05) is 29.8 Å². The molecule has 3 aromatic rings. The molecule has 1 saturated heterocycles. The van der Waals surface area contributed by atoms with Crippen molar-refractivity contribution in [2.45, 2.75) is 6.10 Å². The van der Waals surface area contributed by atoms with Crippen molar-refractivity contribution < 1.29 is 13.9 Å².